The monoisotopic (exact) mass is 314 g/mol. The average molecular weight is 314 g/mol. The van der Waals surface area contributed by atoms with Crippen molar-refractivity contribution in [3.63, 3.8) is 0 Å². The van der Waals surface area contributed by atoms with E-state index in [1.807, 2.05) is 0 Å². The van der Waals surface area contributed by atoms with Crippen molar-refractivity contribution in [2.75, 3.05) is 13.1 Å². The minimum atomic E-state index is -3.75. The minimum absolute atomic E-state index is 0.287. The second-order valence-electron chi connectivity index (χ2n) is 5.47. The van der Waals surface area contributed by atoms with Crippen molar-refractivity contribution in [3.8, 4) is 0 Å². The number of rotatable bonds is 7. The van der Waals surface area contributed by atoms with Gasteiger partial charge in [-0.25, -0.2) is 17.5 Å². The van der Waals surface area contributed by atoms with E-state index in [-0.39, 0.29) is 4.90 Å². The van der Waals surface area contributed by atoms with E-state index in [1.165, 1.54) is 50.3 Å². The normalized spacial score (nSPS) is 17.0. The molecule has 1 fully saturated rings. The van der Waals surface area contributed by atoms with Gasteiger partial charge >= 0.3 is 0 Å². The third kappa shape index (κ3) is 5.05. The molecule has 0 spiro atoms. The molecule has 6 heteroatoms. The van der Waals surface area contributed by atoms with E-state index >= 15 is 0 Å². The Morgan fingerprint density at radius 3 is 2.52 bits per heavy atom. The molecule has 1 aromatic carbocycles. The standard InChI is InChI=1S/C15H23FN2O2S/c16-14-9-4-5-10-15(14)21(19,20)18-12-6-11-17-13-7-2-1-3-8-13/h4-5,9-10,13,17-18H,1-3,6-8,11-12H2. The first kappa shape index (κ1) is 16.4. The average Bonchev–Trinajstić information content (AvgIpc) is 2.48. The highest BCUT2D eigenvalue weighted by Gasteiger charge is 2.17. The van der Waals surface area contributed by atoms with Gasteiger partial charge in [-0.05, 0) is 37.9 Å². The summed E-state index contributed by atoms with van der Waals surface area (Å²) >= 11 is 0. The molecule has 0 unspecified atom stereocenters. The van der Waals surface area contributed by atoms with Crippen LogP contribution < -0.4 is 10.0 Å². The zero-order valence-corrected chi connectivity index (χ0v) is 13.0. The zero-order valence-electron chi connectivity index (χ0n) is 12.1. The highest BCUT2D eigenvalue weighted by atomic mass is 32.2. The van der Waals surface area contributed by atoms with Crippen LogP contribution in [0.3, 0.4) is 0 Å². The Labute approximate surface area is 126 Å². The Bertz CT molecular complexity index is 542. The molecular weight excluding hydrogens is 291 g/mol. The Morgan fingerprint density at radius 2 is 1.81 bits per heavy atom. The fraction of sp³-hybridized carbons (Fsp3) is 0.600. The Kier molecular flexibility index (Phi) is 6.14. The molecule has 0 bridgehead atoms. The molecular formula is C15H23FN2O2S. The summed E-state index contributed by atoms with van der Waals surface area (Å²) in [7, 11) is -3.75. The van der Waals surface area contributed by atoms with E-state index in [9.17, 15) is 12.8 Å². The molecule has 0 radical (unpaired) electrons. The maximum Gasteiger partial charge on any atom is 0.243 e. The highest BCUT2D eigenvalue weighted by molar-refractivity contribution is 7.89. The molecule has 118 valence electrons. The lowest BCUT2D eigenvalue weighted by Crippen LogP contribution is -2.34. The molecule has 0 aromatic heterocycles. The molecule has 4 nitrogen and oxygen atoms in total. The van der Waals surface area contributed by atoms with Gasteiger partial charge in [-0.2, -0.15) is 0 Å². The van der Waals surface area contributed by atoms with Crippen molar-refractivity contribution in [2.45, 2.75) is 49.5 Å². The molecule has 0 aliphatic heterocycles. The van der Waals surface area contributed by atoms with E-state index in [0.717, 1.165) is 12.6 Å². The van der Waals surface area contributed by atoms with E-state index in [0.29, 0.717) is 19.0 Å². The summed E-state index contributed by atoms with van der Waals surface area (Å²) in [6.45, 7) is 1.10. The smallest absolute Gasteiger partial charge is 0.243 e. The first-order valence-electron chi connectivity index (χ1n) is 7.57. The van der Waals surface area contributed by atoms with Crippen molar-refractivity contribution in [1.82, 2.24) is 10.0 Å². The van der Waals surface area contributed by atoms with Crippen LogP contribution in [0.4, 0.5) is 4.39 Å². The predicted octanol–water partition coefficient (Wildman–Crippen LogP) is 2.42. The maximum absolute atomic E-state index is 13.5. The SMILES string of the molecule is O=S(=O)(NCCCNC1CCCCC1)c1ccccc1F. The molecule has 21 heavy (non-hydrogen) atoms. The molecule has 1 aromatic rings. The quantitative estimate of drug-likeness (QED) is 0.760. The van der Waals surface area contributed by atoms with Crippen LogP contribution in [0.5, 0.6) is 0 Å². The second-order valence-corrected chi connectivity index (χ2v) is 7.21. The van der Waals surface area contributed by atoms with Crippen LogP contribution in [0.25, 0.3) is 0 Å². The summed E-state index contributed by atoms with van der Waals surface area (Å²) in [6.07, 6.45) is 6.99. The third-order valence-electron chi connectivity index (χ3n) is 3.81. The first-order chi connectivity index (χ1) is 10.1. The molecule has 0 atom stereocenters. The van der Waals surface area contributed by atoms with Crippen molar-refractivity contribution < 1.29 is 12.8 Å². The molecule has 1 saturated carbocycles. The number of sulfonamides is 1. The van der Waals surface area contributed by atoms with Crippen LogP contribution in [0, 0.1) is 5.82 Å². The number of benzene rings is 1. The fourth-order valence-corrected chi connectivity index (χ4v) is 3.80. The topological polar surface area (TPSA) is 58.2 Å². The molecule has 1 aliphatic carbocycles. The Hall–Kier alpha value is -0.980. The van der Waals surface area contributed by atoms with Gasteiger partial charge in [0, 0.05) is 12.6 Å². The fourth-order valence-electron chi connectivity index (χ4n) is 2.65. The lowest BCUT2D eigenvalue weighted by molar-refractivity contribution is 0.372. The summed E-state index contributed by atoms with van der Waals surface area (Å²) in [5, 5.41) is 3.45. The predicted molar refractivity (Wildman–Crippen MR) is 81.1 cm³/mol. The van der Waals surface area contributed by atoms with Crippen LogP contribution in [-0.2, 0) is 10.0 Å². The number of halogens is 1. The summed E-state index contributed by atoms with van der Waals surface area (Å²) in [5.41, 5.74) is 0. The Balaban J connectivity index is 1.71. The van der Waals surface area contributed by atoms with Crippen LogP contribution >= 0.6 is 0 Å². The minimum Gasteiger partial charge on any atom is -0.314 e. The van der Waals surface area contributed by atoms with Crippen molar-refractivity contribution in [3.05, 3.63) is 30.1 Å². The van der Waals surface area contributed by atoms with E-state index in [1.54, 1.807) is 0 Å². The number of hydrogen-bond donors (Lipinski definition) is 2. The lowest BCUT2D eigenvalue weighted by Gasteiger charge is -2.22. The van der Waals surface area contributed by atoms with Crippen LogP contribution in [-0.4, -0.2) is 27.5 Å². The summed E-state index contributed by atoms with van der Waals surface area (Å²) in [6, 6.07) is 5.99. The summed E-state index contributed by atoms with van der Waals surface area (Å²) in [5.74, 6) is -0.717. The van der Waals surface area contributed by atoms with E-state index in [2.05, 4.69) is 10.0 Å². The van der Waals surface area contributed by atoms with E-state index in [4.69, 9.17) is 0 Å². The largest absolute Gasteiger partial charge is 0.314 e. The zero-order chi connectivity index (χ0) is 15.1. The van der Waals surface area contributed by atoms with Crippen LogP contribution in [0.2, 0.25) is 0 Å². The first-order valence-corrected chi connectivity index (χ1v) is 9.05. The lowest BCUT2D eigenvalue weighted by atomic mass is 9.95. The molecule has 2 N–H and O–H groups in total. The van der Waals surface area contributed by atoms with Gasteiger partial charge in [0.2, 0.25) is 10.0 Å². The second kappa shape index (κ2) is 7.87. The van der Waals surface area contributed by atoms with Gasteiger partial charge in [0.1, 0.15) is 10.7 Å². The molecule has 0 amide bonds. The molecule has 1 aliphatic rings. The van der Waals surface area contributed by atoms with Gasteiger partial charge < -0.3 is 5.32 Å². The Morgan fingerprint density at radius 1 is 1.10 bits per heavy atom. The maximum atomic E-state index is 13.5. The highest BCUT2D eigenvalue weighted by Crippen LogP contribution is 2.17. The van der Waals surface area contributed by atoms with Gasteiger partial charge in [-0.3, -0.25) is 0 Å². The molecule has 0 heterocycles. The van der Waals surface area contributed by atoms with Gasteiger partial charge in [0.05, 0.1) is 0 Å². The molecule has 0 saturated heterocycles. The van der Waals surface area contributed by atoms with Crippen molar-refractivity contribution >= 4 is 10.0 Å². The van der Waals surface area contributed by atoms with Crippen molar-refractivity contribution in [2.24, 2.45) is 0 Å². The number of hydrogen-bond acceptors (Lipinski definition) is 3. The van der Waals surface area contributed by atoms with Gasteiger partial charge in [0.15, 0.2) is 0 Å². The van der Waals surface area contributed by atoms with Crippen LogP contribution in [0.15, 0.2) is 29.2 Å². The van der Waals surface area contributed by atoms with Crippen LogP contribution in [0.1, 0.15) is 38.5 Å². The van der Waals surface area contributed by atoms with Gasteiger partial charge in [-0.15, -0.1) is 0 Å². The summed E-state index contributed by atoms with van der Waals surface area (Å²) < 4.78 is 39.8. The third-order valence-corrected chi connectivity index (χ3v) is 5.30. The van der Waals surface area contributed by atoms with Gasteiger partial charge in [0.25, 0.3) is 0 Å². The number of nitrogens with one attached hydrogen (secondary N) is 2. The van der Waals surface area contributed by atoms with Gasteiger partial charge in [-0.1, -0.05) is 31.4 Å². The molecule has 2 rings (SSSR count). The van der Waals surface area contributed by atoms with Crippen molar-refractivity contribution in [1.29, 1.82) is 0 Å². The summed E-state index contributed by atoms with van der Waals surface area (Å²) in [4.78, 5) is -0.287. The van der Waals surface area contributed by atoms with E-state index < -0.39 is 15.8 Å².